The summed E-state index contributed by atoms with van der Waals surface area (Å²) in [6.07, 6.45) is 4.66. The Kier molecular flexibility index (Phi) is 4.59. The fourth-order valence-corrected chi connectivity index (χ4v) is 3.38. The summed E-state index contributed by atoms with van der Waals surface area (Å²) in [5, 5.41) is 0.616. The lowest BCUT2D eigenvalue weighted by molar-refractivity contribution is 0.0707. The number of anilines is 1. The summed E-state index contributed by atoms with van der Waals surface area (Å²) >= 11 is 5.88. The predicted molar refractivity (Wildman–Crippen MR) is 91.8 cm³/mol. The van der Waals surface area contributed by atoms with Gasteiger partial charge in [-0.25, -0.2) is 9.97 Å². The Morgan fingerprint density at radius 3 is 2.72 bits per heavy atom. The number of aromatic nitrogens is 2. The van der Waals surface area contributed by atoms with Gasteiger partial charge in [-0.1, -0.05) is 11.6 Å². The fourth-order valence-electron chi connectivity index (χ4n) is 3.27. The number of oxazole rings is 1. The van der Waals surface area contributed by atoms with E-state index in [2.05, 4.69) is 14.9 Å². The predicted octanol–water partition coefficient (Wildman–Crippen LogP) is 2.54. The molecule has 8 heteroatoms. The lowest BCUT2D eigenvalue weighted by Crippen LogP contribution is -2.49. The van der Waals surface area contributed by atoms with Gasteiger partial charge >= 0.3 is 0 Å². The highest BCUT2D eigenvalue weighted by molar-refractivity contribution is 6.30. The summed E-state index contributed by atoms with van der Waals surface area (Å²) in [6.45, 7) is 3.36. The summed E-state index contributed by atoms with van der Waals surface area (Å²) < 4.78 is 11.1. The summed E-state index contributed by atoms with van der Waals surface area (Å²) in [4.78, 5) is 25.3. The van der Waals surface area contributed by atoms with Crippen molar-refractivity contribution in [2.45, 2.75) is 18.9 Å². The minimum Gasteiger partial charge on any atom is -0.445 e. The molecule has 1 amide bonds. The van der Waals surface area contributed by atoms with E-state index in [1.54, 1.807) is 6.20 Å². The van der Waals surface area contributed by atoms with E-state index in [1.807, 2.05) is 17.0 Å². The van der Waals surface area contributed by atoms with E-state index < -0.39 is 0 Å². The molecule has 2 aliphatic rings. The Morgan fingerprint density at radius 2 is 2.04 bits per heavy atom. The van der Waals surface area contributed by atoms with Gasteiger partial charge in [-0.3, -0.25) is 4.79 Å². The molecule has 7 nitrogen and oxygen atoms in total. The molecule has 0 radical (unpaired) electrons. The second-order valence-electron chi connectivity index (χ2n) is 6.18. The number of pyridine rings is 1. The van der Waals surface area contributed by atoms with Crippen molar-refractivity contribution in [1.29, 1.82) is 0 Å². The van der Waals surface area contributed by atoms with Gasteiger partial charge in [0.05, 0.1) is 5.02 Å². The highest BCUT2D eigenvalue weighted by Gasteiger charge is 2.31. The third-order valence-corrected chi connectivity index (χ3v) is 4.85. The van der Waals surface area contributed by atoms with Crippen molar-refractivity contribution in [3.05, 3.63) is 41.2 Å². The van der Waals surface area contributed by atoms with Gasteiger partial charge in [0.15, 0.2) is 17.8 Å². The quantitative estimate of drug-likeness (QED) is 0.835. The van der Waals surface area contributed by atoms with Crippen LogP contribution in [0.4, 0.5) is 5.82 Å². The van der Waals surface area contributed by atoms with Crippen LogP contribution in [0.15, 0.2) is 29.1 Å². The third kappa shape index (κ3) is 3.34. The summed E-state index contributed by atoms with van der Waals surface area (Å²) in [5.74, 6) is 1.34. The molecule has 0 N–H and O–H groups in total. The van der Waals surface area contributed by atoms with Crippen LogP contribution in [0.5, 0.6) is 0 Å². The van der Waals surface area contributed by atoms with Crippen LogP contribution >= 0.6 is 11.6 Å². The first-order valence-electron chi connectivity index (χ1n) is 8.43. The van der Waals surface area contributed by atoms with Crippen molar-refractivity contribution in [2.24, 2.45) is 0 Å². The lowest BCUT2D eigenvalue weighted by Gasteiger charge is -2.35. The largest absolute Gasteiger partial charge is 0.445 e. The molecule has 2 aromatic rings. The monoisotopic (exact) mass is 362 g/mol. The van der Waals surface area contributed by atoms with Crippen molar-refractivity contribution in [2.75, 3.05) is 37.7 Å². The normalized spacial score (nSPS) is 20.9. The van der Waals surface area contributed by atoms with Crippen molar-refractivity contribution >= 4 is 23.3 Å². The molecular weight excluding hydrogens is 344 g/mol. The number of carbonyl (C=O) groups is 1. The zero-order valence-electron chi connectivity index (χ0n) is 13.7. The molecule has 132 valence electrons. The first-order chi connectivity index (χ1) is 12.2. The Bertz CT molecular complexity index is 735. The number of amides is 1. The molecule has 4 heterocycles. The van der Waals surface area contributed by atoms with E-state index in [0.29, 0.717) is 49.3 Å². The number of nitrogens with zero attached hydrogens (tertiary/aromatic N) is 4. The molecule has 2 aliphatic heterocycles. The maximum Gasteiger partial charge on any atom is 0.276 e. The standard InChI is InChI=1S/C17H19ClN4O3/c18-12-3-4-14(19-10-12)21-5-7-22(8-6-21)17(23)15-16(25-11-20-15)13-2-1-9-24-13/h3-4,10-11,13H,1-2,5-9H2. The Hall–Kier alpha value is -2.12. The molecule has 2 saturated heterocycles. The fraction of sp³-hybridized carbons (Fsp3) is 0.471. The Labute approximate surface area is 150 Å². The maximum absolute atomic E-state index is 12.8. The molecule has 0 aromatic carbocycles. The van der Waals surface area contributed by atoms with E-state index in [1.165, 1.54) is 6.39 Å². The molecule has 1 unspecified atom stereocenters. The van der Waals surface area contributed by atoms with Crippen LogP contribution in [0.2, 0.25) is 5.02 Å². The maximum atomic E-state index is 12.8. The van der Waals surface area contributed by atoms with Gasteiger partial charge in [0.1, 0.15) is 11.9 Å². The van der Waals surface area contributed by atoms with Gasteiger partial charge in [0.25, 0.3) is 5.91 Å². The van der Waals surface area contributed by atoms with Gasteiger partial charge in [-0.05, 0) is 25.0 Å². The number of rotatable bonds is 3. The Morgan fingerprint density at radius 1 is 1.20 bits per heavy atom. The van der Waals surface area contributed by atoms with Crippen molar-refractivity contribution in [3.63, 3.8) is 0 Å². The first-order valence-corrected chi connectivity index (χ1v) is 8.81. The van der Waals surface area contributed by atoms with Crippen LogP contribution in [0.3, 0.4) is 0 Å². The first kappa shape index (κ1) is 16.4. The molecule has 2 fully saturated rings. The Balaban J connectivity index is 1.41. The molecule has 0 spiro atoms. The summed E-state index contributed by atoms with van der Waals surface area (Å²) in [6, 6.07) is 3.72. The van der Waals surface area contributed by atoms with Gasteiger partial charge in [-0.15, -0.1) is 0 Å². The van der Waals surface area contributed by atoms with E-state index >= 15 is 0 Å². The van der Waals surface area contributed by atoms with Crippen LogP contribution in [0.25, 0.3) is 0 Å². The minimum absolute atomic E-state index is 0.0945. The number of hydrogen-bond donors (Lipinski definition) is 0. The van der Waals surface area contributed by atoms with Crippen LogP contribution in [-0.2, 0) is 4.74 Å². The van der Waals surface area contributed by atoms with Gasteiger partial charge in [-0.2, -0.15) is 0 Å². The van der Waals surface area contributed by atoms with Gasteiger partial charge < -0.3 is 19.0 Å². The SMILES string of the molecule is O=C(c1ncoc1C1CCCO1)N1CCN(c2ccc(Cl)cn2)CC1. The van der Waals surface area contributed by atoms with E-state index in [-0.39, 0.29) is 12.0 Å². The van der Waals surface area contributed by atoms with E-state index in [0.717, 1.165) is 18.7 Å². The highest BCUT2D eigenvalue weighted by Crippen LogP contribution is 2.31. The average molecular weight is 363 g/mol. The van der Waals surface area contributed by atoms with Crippen LogP contribution in [-0.4, -0.2) is 53.6 Å². The second kappa shape index (κ2) is 7.01. The molecule has 0 aliphatic carbocycles. The zero-order valence-corrected chi connectivity index (χ0v) is 14.5. The van der Waals surface area contributed by atoms with Crippen LogP contribution in [0.1, 0.15) is 35.2 Å². The number of piperazine rings is 1. The molecule has 0 bridgehead atoms. The summed E-state index contributed by atoms with van der Waals surface area (Å²) in [7, 11) is 0. The number of ether oxygens (including phenoxy) is 1. The van der Waals surface area contributed by atoms with E-state index in [4.69, 9.17) is 20.8 Å². The highest BCUT2D eigenvalue weighted by atomic mass is 35.5. The van der Waals surface area contributed by atoms with Crippen molar-refractivity contribution < 1.29 is 13.9 Å². The zero-order chi connectivity index (χ0) is 17.2. The van der Waals surface area contributed by atoms with Crippen LogP contribution in [0, 0.1) is 0 Å². The minimum atomic E-state index is -0.152. The number of hydrogen-bond acceptors (Lipinski definition) is 6. The second-order valence-corrected chi connectivity index (χ2v) is 6.62. The van der Waals surface area contributed by atoms with E-state index in [9.17, 15) is 4.79 Å². The summed E-state index contributed by atoms with van der Waals surface area (Å²) in [5.41, 5.74) is 0.380. The van der Waals surface area contributed by atoms with Gasteiger partial charge in [0, 0.05) is 39.0 Å². The van der Waals surface area contributed by atoms with Gasteiger partial charge in [0.2, 0.25) is 0 Å². The molecule has 1 atom stereocenters. The lowest BCUT2D eigenvalue weighted by atomic mass is 10.1. The van der Waals surface area contributed by atoms with Crippen LogP contribution < -0.4 is 4.90 Å². The average Bonchev–Trinajstić information content (AvgIpc) is 3.33. The topological polar surface area (TPSA) is 71.7 Å². The number of carbonyl (C=O) groups excluding carboxylic acids is 1. The smallest absolute Gasteiger partial charge is 0.276 e. The number of halogens is 1. The molecule has 25 heavy (non-hydrogen) atoms. The molecular formula is C17H19ClN4O3. The molecule has 2 aromatic heterocycles. The van der Waals surface area contributed by atoms with Crippen molar-refractivity contribution in [3.8, 4) is 0 Å². The molecule has 4 rings (SSSR count). The molecule has 0 saturated carbocycles. The van der Waals surface area contributed by atoms with Crippen molar-refractivity contribution in [1.82, 2.24) is 14.9 Å². The third-order valence-electron chi connectivity index (χ3n) is 4.62.